The van der Waals surface area contributed by atoms with Gasteiger partial charge in [-0.15, -0.1) is 11.3 Å². The zero-order chi connectivity index (χ0) is 24.0. The topological polar surface area (TPSA) is 76.9 Å². The first kappa shape index (κ1) is 22.8. The normalized spacial score (nSPS) is 15.8. The average Bonchev–Trinajstić information content (AvgIpc) is 3.22. The van der Waals surface area contributed by atoms with Gasteiger partial charge in [-0.25, -0.2) is 9.97 Å². The minimum Gasteiger partial charge on any atom is -0.326 e. The summed E-state index contributed by atoms with van der Waals surface area (Å²) >= 11 is 3.13. The Morgan fingerprint density at radius 1 is 1.09 bits per heavy atom. The number of anilines is 1. The van der Waals surface area contributed by atoms with E-state index in [1.165, 1.54) is 22.0 Å². The van der Waals surface area contributed by atoms with Crippen molar-refractivity contribution in [1.82, 2.24) is 14.5 Å². The van der Waals surface area contributed by atoms with Gasteiger partial charge >= 0.3 is 0 Å². The SMILES string of the molecule is Cc1ccc2nc(-c3ccc(NC(=O)C4CSc5nc(C(C)(C)C)cc(=O)n5C4)cc3)sc2c1. The third-order valence-electron chi connectivity index (χ3n) is 5.87. The first-order valence-corrected chi connectivity index (χ1v) is 13.0. The lowest BCUT2D eigenvalue weighted by Crippen LogP contribution is -2.37. The molecule has 6 nitrogen and oxygen atoms in total. The molecule has 1 unspecified atom stereocenters. The van der Waals surface area contributed by atoms with Crippen LogP contribution in [0.2, 0.25) is 0 Å². The fourth-order valence-electron chi connectivity index (χ4n) is 3.85. The molecular weight excluding hydrogens is 464 g/mol. The Kier molecular flexibility index (Phi) is 5.81. The minimum atomic E-state index is -0.301. The second-order valence-electron chi connectivity index (χ2n) is 9.69. The van der Waals surface area contributed by atoms with Crippen molar-refractivity contribution in [3.05, 3.63) is 70.1 Å². The van der Waals surface area contributed by atoms with E-state index in [2.05, 4.69) is 29.4 Å². The van der Waals surface area contributed by atoms with E-state index in [1.807, 2.05) is 51.1 Å². The van der Waals surface area contributed by atoms with Crippen LogP contribution in [0.5, 0.6) is 0 Å². The maximum Gasteiger partial charge on any atom is 0.254 e. The highest BCUT2D eigenvalue weighted by atomic mass is 32.2. The van der Waals surface area contributed by atoms with E-state index in [-0.39, 0.29) is 22.8 Å². The molecule has 0 saturated carbocycles. The zero-order valence-corrected chi connectivity index (χ0v) is 21.2. The first-order chi connectivity index (χ1) is 16.2. The van der Waals surface area contributed by atoms with Crippen molar-refractivity contribution >= 4 is 44.9 Å². The summed E-state index contributed by atoms with van der Waals surface area (Å²) in [5.74, 6) is 0.201. The number of fused-ring (bicyclic) bond motifs is 2. The van der Waals surface area contributed by atoms with Gasteiger partial charge in [0.05, 0.1) is 21.8 Å². The van der Waals surface area contributed by atoms with Crippen LogP contribution in [0, 0.1) is 12.8 Å². The Morgan fingerprint density at radius 3 is 2.59 bits per heavy atom. The quantitative estimate of drug-likeness (QED) is 0.385. The number of hydrogen-bond acceptors (Lipinski definition) is 6. The fraction of sp³-hybridized carbons (Fsp3) is 0.308. The van der Waals surface area contributed by atoms with Crippen molar-refractivity contribution in [2.45, 2.75) is 44.8 Å². The smallest absolute Gasteiger partial charge is 0.254 e. The van der Waals surface area contributed by atoms with Crippen LogP contribution < -0.4 is 10.9 Å². The number of nitrogens with zero attached hydrogens (tertiary/aromatic N) is 3. The number of carbonyl (C=O) groups is 1. The molecular formula is C26H26N4O2S2. The van der Waals surface area contributed by atoms with Gasteiger partial charge in [0.2, 0.25) is 5.91 Å². The summed E-state index contributed by atoms with van der Waals surface area (Å²) in [5.41, 5.74) is 4.45. The third kappa shape index (κ3) is 4.52. The molecule has 1 amide bonds. The van der Waals surface area contributed by atoms with Gasteiger partial charge in [0.25, 0.3) is 5.56 Å². The summed E-state index contributed by atoms with van der Waals surface area (Å²) in [6.07, 6.45) is 0. The van der Waals surface area contributed by atoms with Crippen LogP contribution in [0.4, 0.5) is 5.69 Å². The van der Waals surface area contributed by atoms with Crippen LogP contribution in [0.15, 0.2) is 58.5 Å². The maximum absolute atomic E-state index is 12.9. The molecule has 2 aromatic heterocycles. The number of thiazole rings is 1. The van der Waals surface area contributed by atoms with Gasteiger partial charge in [0, 0.05) is 35.0 Å². The Balaban J connectivity index is 1.29. The lowest BCUT2D eigenvalue weighted by molar-refractivity contribution is -0.119. The van der Waals surface area contributed by atoms with Gasteiger partial charge in [-0.05, 0) is 48.9 Å². The molecule has 34 heavy (non-hydrogen) atoms. The molecule has 1 N–H and O–H groups in total. The fourth-order valence-corrected chi connectivity index (χ4v) is 6.01. The van der Waals surface area contributed by atoms with Gasteiger partial charge in [-0.3, -0.25) is 14.2 Å². The molecule has 0 aliphatic carbocycles. The van der Waals surface area contributed by atoms with Crippen LogP contribution in [-0.2, 0) is 16.8 Å². The van der Waals surface area contributed by atoms with Gasteiger partial charge < -0.3 is 5.32 Å². The molecule has 1 aliphatic heterocycles. The van der Waals surface area contributed by atoms with Gasteiger partial charge in [-0.1, -0.05) is 38.6 Å². The minimum absolute atomic E-state index is 0.0897. The predicted octanol–water partition coefficient (Wildman–Crippen LogP) is 5.49. The molecule has 5 rings (SSSR count). The molecule has 0 fully saturated rings. The summed E-state index contributed by atoms with van der Waals surface area (Å²) in [7, 11) is 0. The number of rotatable bonds is 3. The van der Waals surface area contributed by atoms with E-state index in [0.29, 0.717) is 17.5 Å². The van der Waals surface area contributed by atoms with Crippen LogP contribution >= 0.6 is 23.1 Å². The second kappa shape index (κ2) is 8.67. The average molecular weight is 491 g/mol. The van der Waals surface area contributed by atoms with Gasteiger partial charge in [-0.2, -0.15) is 0 Å². The Bertz CT molecular complexity index is 1450. The van der Waals surface area contributed by atoms with Crippen LogP contribution in [0.1, 0.15) is 32.0 Å². The number of hydrogen-bond donors (Lipinski definition) is 1. The van der Waals surface area contributed by atoms with E-state index in [0.717, 1.165) is 27.5 Å². The summed E-state index contributed by atoms with van der Waals surface area (Å²) in [6, 6.07) is 15.6. The van der Waals surface area contributed by atoms with Crippen LogP contribution in [0.3, 0.4) is 0 Å². The molecule has 0 bridgehead atoms. The predicted molar refractivity (Wildman–Crippen MR) is 140 cm³/mol. The summed E-state index contributed by atoms with van der Waals surface area (Å²) in [6.45, 7) is 8.54. The molecule has 174 valence electrons. The third-order valence-corrected chi connectivity index (χ3v) is 8.08. The number of nitrogens with one attached hydrogen (secondary N) is 1. The number of thioether (sulfide) groups is 1. The molecule has 2 aromatic carbocycles. The largest absolute Gasteiger partial charge is 0.326 e. The first-order valence-electron chi connectivity index (χ1n) is 11.2. The van der Waals surface area contributed by atoms with Crippen LogP contribution in [-0.4, -0.2) is 26.2 Å². The van der Waals surface area contributed by atoms with Gasteiger partial charge in [0.1, 0.15) is 5.01 Å². The highest BCUT2D eigenvalue weighted by molar-refractivity contribution is 7.99. The Morgan fingerprint density at radius 2 is 1.85 bits per heavy atom. The molecule has 0 saturated heterocycles. The Hall–Kier alpha value is -2.97. The van der Waals surface area contributed by atoms with Crippen molar-refractivity contribution in [3.8, 4) is 10.6 Å². The lowest BCUT2D eigenvalue weighted by Gasteiger charge is -2.26. The lowest BCUT2D eigenvalue weighted by atomic mass is 9.92. The van der Waals surface area contributed by atoms with E-state index in [1.54, 1.807) is 22.0 Å². The number of aromatic nitrogens is 3. The summed E-state index contributed by atoms with van der Waals surface area (Å²) < 4.78 is 2.79. The van der Waals surface area contributed by atoms with Crippen molar-refractivity contribution < 1.29 is 4.79 Å². The van der Waals surface area contributed by atoms with E-state index >= 15 is 0 Å². The second-order valence-corrected chi connectivity index (χ2v) is 11.7. The van der Waals surface area contributed by atoms with E-state index < -0.39 is 0 Å². The highest BCUT2D eigenvalue weighted by Gasteiger charge is 2.28. The summed E-state index contributed by atoms with van der Waals surface area (Å²) in [5, 5.41) is 4.66. The highest BCUT2D eigenvalue weighted by Crippen LogP contribution is 2.32. The number of benzene rings is 2. The molecule has 4 aromatic rings. The van der Waals surface area contributed by atoms with E-state index in [4.69, 9.17) is 4.98 Å². The summed E-state index contributed by atoms with van der Waals surface area (Å²) in [4.78, 5) is 35.0. The molecule has 1 aliphatic rings. The number of amides is 1. The molecule has 3 heterocycles. The maximum atomic E-state index is 12.9. The standard InChI is InChI=1S/C26H26N4O2S2/c1-15-5-10-19-20(11-15)34-24(28-19)16-6-8-18(9-7-16)27-23(32)17-13-30-22(31)12-21(26(2,3)4)29-25(30)33-14-17/h5-12,17H,13-14H2,1-4H3,(H,27,32). The molecule has 0 radical (unpaired) electrons. The van der Waals surface area contributed by atoms with Crippen molar-refractivity contribution in [3.63, 3.8) is 0 Å². The van der Waals surface area contributed by atoms with Gasteiger partial charge in [0.15, 0.2) is 5.16 Å². The zero-order valence-electron chi connectivity index (χ0n) is 19.6. The monoisotopic (exact) mass is 490 g/mol. The number of carbonyl (C=O) groups excluding carboxylic acids is 1. The number of aryl methyl sites for hydroxylation is 1. The van der Waals surface area contributed by atoms with Crippen molar-refractivity contribution in [1.29, 1.82) is 0 Å². The van der Waals surface area contributed by atoms with Crippen molar-refractivity contribution in [2.75, 3.05) is 11.1 Å². The van der Waals surface area contributed by atoms with E-state index in [9.17, 15) is 9.59 Å². The molecule has 0 spiro atoms. The molecule has 8 heteroatoms. The van der Waals surface area contributed by atoms with Crippen LogP contribution in [0.25, 0.3) is 20.8 Å². The van der Waals surface area contributed by atoms with Crippen molar-refractivity contribution in [2.24, 2.45) is 5.92 Å². The molecule has 1 atom stereocenters. The Labute approximate surface area is 206 Å².